The van der Waals surface area contributed by atoms with Crippen LogP contribution in [0.5, 0.6) is 5.75 Å². The zero-order valence-corrected chi connectivity index (χ0v) is 16.3. The number of anilines is 1. The summed E-state index contributed by atoms with van der Waals surface area (Å²) in [7, 11) is 0. The van der Waals surface area contributed by atoms with E-state index >= 15 is 0 Å². The monoisotopic (exact) mass is 391 g/mol. The van der Waals surface area contributed by atoms with Gasteiger partial charge in [-0.05, 0) is 37.1 Å². The van der Waals surface area contributed by atoms with E-state index in [1.807, 2.05) is 47.3 Å². The number of carbonyl (C=O) groups is 1. The zero-order valence-electron chi connectivity index (χ0n) is 16.3. The van der Waals surface area contributed by atoms with E-state index in [1.54, 1.807) is 0 Å². The molecule has 0 spiro atoms. The summed E-state index contributed by atoms with van der Waals surface area (Å²) in [4.78, 5) is 22.8. The lowest BCUT2D eigenvalue weighted by atomic mass is 10.1. The van der Waals surface area contributed by atoms with Crippen molar-refractivity contribution in [1.29, 1.82) is 0 Å². The van der Waals surface area contributed by atoms with Gasteiger partial charge in [0.05, 0.1) is 5.52 Å². The Bertz CT molecular complexity index is 1030. The molecule has 1 saturated carbocycles. The highest BCUT2D eigenvalue weighted by atomic mass is 16.5. The molecule has 0 radical (unpaired) electrons. The smallest absolute Gasteiger partial charge is 0.237 e. The maximum atomic E-state index is 11.3. The highest BCUT2D eigenvalue weighted by Gasteiger charge is 2.28. The Balaban J connectivity index is 1.25. The Kier molecular flexibility index (Phi) is 4.58. The van der Waals surface area contributed by atoms with Gasteiger partial charge in [0.2, 0.25) is 5.91 Å². The van der Waals surface area contributed by atoms with Gasteiger partial charge in [0.15, 0.2) is 0 Å². The van der Waals surface area contributed by atoms with Gasteiger partial charge in [0.1, 0.15) is 30.0 Å². The van der Waals surface area contributed by atoms with Crippen LogP contribution in [0.4, 0.5) is 5.82 Å². The molecule has 1 aliphatic heterocycles. The van der Waals surface area contributed by atoms with E-state index in [4.69, 9.17) is 15.5 Å². The molecule has 29 heavy (non-hydrogen) atoms. The van der Waals surface area contributed by atoms with E-state index in [0.29, 0.717) is 5.92 Å². The van der Waals surface area contributed by atoms with Crippen LogP contribution in [0.2, 0.25) is 0 Å². The van der Waals surface area contributed by atoms with Crippen LogP contribution in [-0.4, -0.2) is 39.6 Å². The fourth-order valence-corrected chi connectivity index (χ4v) is 4.06. The van der Waals surface area contributed by atoms with Crippen molar-refractivity contribution < 1.29 is 9.53 Å². The predicted molar refractivity (Wildman–Crippen MR) is 111 cm³/mol. The second-order valence-electron chi connectivity index (χ2n) is 7.95. The van der Waals surface area contributed by atoms with Gasteiger partial charge in [-0.15, -0.1) is 0 Å². The van der Waals surface area contributed by atoms with Gasteiger partial charge in [-0.25, -0.2) is 9.97 Å². The van der Waals surface area contributed by atoms with Crippen molar-refractivity contribution in [3.05, 3.63) is 48.5 Å². The molecule has 3 aromatic rings. The maximum Gasteiger partial charge on any atom is 0.237 e. The number of carbonyl (C=O) groups excluding carboxylic acids is 1. The van der Waals surface area contributed by atoms with E-state index in [9.17, 15) is 4.79 Å². The summed E-state index contributed by atoms with van der Waals surface area (Å²) in [6.07, 6.45) is 8.26. The second kappa shape index (κ2) is 7.39. The lowest BCUT2D eigenvalue weighted by Gasteiger charge is -2.33. The third kappa shape index (κ3) is 3.77. The molecule has 0 unspecified atom stereocenters. The van der Waals surface area contributed by atoms with Gasteiger partial charge in [-0.2, -0.15) is 0 Å². The molecule has 2 aromatic heterocycles. The van der Waals surface area contributed by atoms with Gasteiger partial charge < -0.3 is 19.9 Å². The number of aromatic nitrogens is 3. The summed E-state index contributed by atoms with van der Waals surface area (Å²) < 4.78 is 8.21. The Morgan fingerprint density at radius 1 is 1.14 bits per heavy atom. The first kappa shape index (κ1) is 18.0. The molecular formula is C22H25N5O2. The van der Waals surface area contributed by atoms with Gasteiger partial charge in [-0.1, -0.05) is 6.07 Å². The number of primary amides is 1. The third-order valence-electron chi connectivity index (χ3n) is 5.76. The molecule has 2 fully saturated rings. The van der Waals surface area contributed by atoms with Crippen LogP contribution < -0.4 is 15.4 Å². The van der Waals surface area contributed by atoms with Crippen molar-refractivity contribution in [2.24, 2.45) is 5.73 Å². The molecule has 7 nitrogen and oxygen atoms in total. The molecule has 0 atom stereocenters. The standard InChI is InChI=1S/C22H25N5O2/c23-20(28)14-27-13-9-17-18(27)2-1-3-19(17)29-16-7-11-26(12-8-16)21-6-10-24-22(25-21)15-4-5-15/h1-3,6,9-10,13,15-16H,4-5,7-8,11-12,14H2,(H2,23,28). The maximum absolute atomic E-state index is 11.3. The average molecular weight is 391 g/mol. The van der Waals surface area contributed by atoms with E-state index < -0.39 is 0 Å². The topological polar surface area (TPSA) is 86.3 Å². The summed E-state index contributed by atoms with van der Waals surface area (Å²) in [5.74, 6) is 3.11. The number of benzene rings is 1. The SMILES string of the molecule is NC(=O)Cn1ccc2c(OC3CCN(c4ccnc(C5CC5)n4)CC3)cccc21. The highest BCUT2D eigenvalue weighted by Crippen LogP contribution is 2.38. The lowest BCUT2D eigenvalue weighted by Crippen LogP contribution is -2.38. The number of fused-ring (bicyclic) bond motifs is 1. The normalized spacial score (nSPS) is 17.6. The minimum atomic E-state index is -0.351. The Morgan fingerprint density at radius 3 is 2.72 bits per heavy atom. The molecule has 1 aliphatic carbocycles. The minimum absolute atomic E-state index is 0.168. The van der Waals surface area contributed by atoms with Crippen LogP contribution in [0.3, 0.4) is 0 Å². The van der Waals surface area contributed by atoms with Gasteiger partial charge >= 0.3 is 0 Å². The molecule has 1 saturated heterocycles. The number of hydrogen-bond acceptors (Lipinski definition) is 5. The molecule has 1 amide bonds. The molecule has 2 N–H and O–H groups in total. The summed E-state index contributed by atoms with van der Waals surface area (Å²) >= 11 is 0. The summed E-state index contributed by atoms with van der Waals surface area (Å²) in [6, 6.07) is 9.94. The molecule has 5 rings (SSSR count). The van der Waals surface area contributed by atoms with Crippen LogP contribution in [0.25, 0.3) is 10.9 Å². The van der Waals surface area contributed by atoms with E-state index in [1.165, 1.54) is 12.8 Å². The first-order valence-electron chi connectivity index (χ1n) is 10.3. The van der Waals surface area contributed by atoms with Crippen LogP contribution in [-0.2, 0) is 11.3 Å². The summed E-state index contributed by atoms with van der Waals surface area (Å²) in [5, 5.41) is 1.01. The first-order chi connectivity index (χ1) is 14.2. The van der Waals surface area contributed by atoms with Crippen molar-refractivity contribution in [1.82, 2.24) is 14.5 Å². The quantitative estimate of drug-likeness (QED) is 0.698. The third-order valence-corrected chi connectivity index (χ3v) is 5.76. The lowest BCUT2D eigenvalue weighted by molar-refractivity contribution is -0.118. The van der Waals surface area contributed by atoms with Crippen molar-refractivity contribution in [3.63, 3.8) is 0 Å². The van der Waals surface area contributed by atoms with Crippen LogP contribution in [0.15, 0.2) is 42.7 Å². The number of amides is 1. The number of rotatable bonds is 6. The zero-order chi connectivity index (χ0) is 19.8. The molecule has 7 heteroatoms. The largest absolute Gasteiger partial charge is 0.490 e. The van der Waals surface area contributed by atoms with Gasteiger partial charge in [0.25, 0.3) is 0 Å². The van der Waals surface area contributed by atoms with Crippen molar-refractivity contribution in [2.75, 3.05) is 18.0 Å². The highest BCUT2D eigenvalue weighted by molar-refractivity contribution is 5.87. The van der Waals surface area contributed by atoms with E-state index in [2.05, 4.69) is 9.88 Å². The molecular weight excluding hydrogens is 366 g/mol. The van der Waals surface area contributed by atoms with Crippen molar-refractivity contribution in [2.45, 2.75) is 44.2 Å². The fourth-order valence-electron chi connectivity index (χ4n) is 4.06. The van der Waals surface area contributed by atoms with Crippen LogP contribution in [0.1, 0.15) is 37.4 Å². The molecule has 150 valence electrons. The summed E-state index contributed by atoms with van der Waals surface area (Å²) in [5.41, 5.74) is 6.31. The van der Waals surface area contributed by atoms with Gasteiger partial charge in [-0.3, -0.25) is 4.79 Å². The fraction of sp³-hybridized carbons (Fsp3) is 0.409. The Morgan fingerprint density at radius 2 is 1.97 bits per heavy atom. The minimum Gasteiger partial charge on any atom is -0.490 e. The van der Waals surface area contributed by atoms with E-state index in [-0.39, 0.29) is 18.6 Å². The van der Waals surface area contributed by atoms with Crippen LogP contribution >= 0.6 is 0 Å². The number of piperidine rings is 1. The number of nitrogens with zero attached hydrogens (tertiary/aromatic N) is 4. The predicted octanol–water partition coefficient (Wildman–Crippen LogP) is 2.84. The average Bonchev–Trinajstić information content (AvgIpc) is 3.51. The number of nitrogens with two attached hydrogens (primary N) is 1. The van der Waals surface area contributed by atoms with E-state index in [0.717, 1.165) is 54.2 Å². The number of hydrogen-bond donors (Lipinski definition) is 1. The van der Waals surface area contributed by atoms with Crippen molar-refractivity contribution in [3.8, 4) is 5.75 Å². The Labute approximate surface area is 169 Å². The van der Waals surface area contributed by atoms with Gasteiger partial charge in [0, 0.05) is 49.6 Å². The first-order valence-corrected chi connectivity index (χ1v) is 10.3. The second-order valence-corrected chi connectivity index (χ2v) is 7.95. The number of ether oxygens (including phenoxy) is 1. The van der Waals surface area contributed by atoms with Crippen LogP contribution in [0, 0.1) is 0 Å². The molecule has 0 bridgehead atoms. The molecule has 1 aromatic carbocycles. The Hall–Kier alpha value is -3.09. The molecule has 2 aliphatic rings. The molecule has 3 heterocycles. The van der Waals surface area contributed by atoms with Crippen molar-refractivity contribution >= 4 is 22.6 Å². The summed E-state index contributed by atoms with van der Waals surface area (Å²) in [6.45, 7) is 2.02.